The van der Waals surface area contributed by atoms with Crippen LogP contribution in [0.2, 0.25) is 5.02 Å². The Morgan fingerprint density at radius 2 is 1.90 bits per heavy atom. The van der Waals surface area contributed by atoms with E-state index in [0.29, 0.717) is 23.7 Å². The number of carbonyl (C=O) groups excluding carboxylic acids is 1. The second-order valence-corrected chi connectivity index (χ2v) is 8.40. The third-order valence-electron chi connectivity index (χ3n) is 4.78. The summed E-state index contributed by atoms with van der Waals surface area (Å²) in [5, 5.41) is 4.45. The molecule has 5 nitrogen and oxygen atoms in total. The van der Waals surface area contributed by atoms with Crippen molar-refractivity contribution in [3.8, 4) is 0 Å². The zero-order valence-electron chi connectivity index (χ0n) is 15.9. The van der Waals surface area contributed by atoms with Gasteiger partial charge in [-0.15, -0.1) is 0 Å². The van der Waals surface area contributed by atoms with Crippen molar-refractivity contribution in [2.45, 2.75) is 30.4 Å². The lowest BCUT2D eigenvalue weighted by atomic mass is 10.1. The molecule has 0 aliphatic carbocycles. The molecule has 1 fully saturated rings. The Morgan fingerprint density at radius 1 is 1.14 bits per heavy atom. The molecular weight excluding hydrogens is 406 g/mol. The van der Waals surface area contributed by atoms with Crippen molar-refractivity contribution in [2.24, 2.45) is 0 Å². The first-order valence-electron chi connectivity index (χ1n) is 9.68. The van der Waals surface area contributed by atoms with E-state index in [1.165, 1.54) is 11.8 Å². The van der Waals surface area contributed by atoms with Gasteiger partial charge in [-0.3, -0.25) is 4.79 Å². The highest BCUT2D eigenvalue weighted by atomic mass is 35.5. The van der Waals surface area contributed by atoms with E-state index in [-0.39, 0.29) is 12.0 Å². The molecule has 4 rings (SSSR count). The van der Waals surface area contributed by atoms with Gasteiger partial charge in [-0.1, -0.05) is 47.6 Å². The highest BCUT2D eigenvalue weighted by Gasteiger charge is 2.17. The molecule has 1 amide bonds. The van der Waals surface area contributed by atoms with E-state index in [1.54, 1.807) is 0 Å². The molecule has 2 heterocycles. The Kier molecular flexibility index (Phi) is 6.64. The van der Waals surface area contributed by atoms with Gasteiger partial charge in [-0.2, -0.15) is 0 Å². The second kappa shape index (κ2) is 9.57. The fraction of sp³-hybridized carbons (Fsp3) is 0.318. The molecule has 1 saturated heterocycles. The first-order valence-corrected chi connectivity index (χ1v) is 11.0. The predicted octanol–water partition coefficient (Wildman–Crippen LogP) is 4.26. The normalized spacial score (nSPS) is 16.2. The van der Waals surface area contributed by atoms with Crippen LogP contribution >= 0.6 is 23.4 Å². The number of hydrogen-bond acceptors (Lipinski definition) is 5. The summed E-state index contributed by atoms with van der Waals surface area (Å²) in [7, 11) is 0. The fourth-order valence-corrected chi connectivity index (χ4v) is 4.21. The van der Waals surface area contributed by atoms with E-state index in [1.807, 2.05) is 48.5 Å². The number of fused-ring (bicyclic) bond motifs is 1. The van der Waals surface area contributed by atoms with Crippen molar-refractivity contribution in [3.05, 3.63) is 64.8 Å². The van der Waals surface area contributed by atoms with Crippen LogP contribution in [-0.4, -0.2) is 40.9 Å². The molecule has 1 aromatic heterocycles. The molecule has 7 heteroatoms. The highest BCUT2D eigenvalue weighted by Crippen LogP contribution is 2.25. The molecule has 0 unspecified atom stereocenters. The van der Waals surface area contributed by atoms with Crippen molar-refractivity contribution < 1.29 is 9.53 Å². The molecule has 1 aliphatic heterocycles. The van der Waals surface area contributed by atoms with Crippen molar-refractivity contribution in [3.63, 3.8) is 0 Å². The van der Waals surface area contributed by atoms with Gasteiger partial charge in [-0.25, -0.2) is 9.97 Å². The Bertz CT molecular complexity index is 991. The van der Waals surface area contributed by atoms with E-state index in [2.05, 4.69) is 5.32 Å². The molecule has 1 N–H and O–H groups in total. The molecule has 3 aromatic rings. The van der Waals surface area contributed by atoms with Crippen LogP contribution in [0.4, 0.5) is 0 Å². The van der Waals surface area contributed by atoms with Gasteiger partial charge in [0.2, 0.25) is 5.91 Å². The zero-order chi connectivity index (χ0) is 20.1. The number of ether oxygens (including phenoxy) is 1. The van der Waals surface area contributed by atoms with E-state index in [9.17, 15) is 4.79 Å². The van der Waals surface area contributed by atoms with Crippen LogP contribution in [0.15, 0.2) is 53.6 Å². The van der Waals surface area contributed by atoms with Crippen LogP contribution in [0.5, 0.6) is 0 Å². The largest absolute Gasteiger partial charge is 0.376 e. The summed E-state index contributed by atoms with van der Waals surface area (Å²) in [6.45, 7) is 1.36. The van der Waals surface area contributed by atoms with Crippen molar-refractivity contribution in [2.75, 3.05) is 18.9 Å². The van der Waals surface area contributed by atoms with Crippen LogP contribution in [0.3, 0.4) is 0 Å². The summed E-state index contributed by atoms with van der Waals surface area (Å²) in [4.78, 5) is 21.9. The summed E-state index contributed by atoms with van der Waals surface area (Å²) in [5.74, 6) is 0.283. The summed E-state index contributed by atoms with van der Waals surface area (Å²) in [6, 6.07) is 15.5. The minimum absolute atomic E-state index is 0.0158. The fourth-order valence-electron chi connectivity index (χ4n) is 3.26. The van der Waals surface area contributed by atoms with Crippen LogP contribution in [0, 0.1) is 0 Å². The summed E-state index contributed by atoms with van der Waals surface area (Å²) >= 11 is 7.42. The third-order valence-corrected chi connectivity index (χ3v) is 6.04. The van der Waals surface area contributed by atoms with Gasteiger partial charge in [0, 0.05) is 24.6 Å². The monoisotopic (exact) mass is 427 g/mol. The lowest BCUT2D eigenvalue weighted by Crippen LogP contribution is -2.32. The summed E-state index contributed by atoms with van der Waals surface area (Å²) in [5.41, 5.74) is 3.64. The SMILES string of the molecule is O=C(CSc1nc2ccccc2nc1Cc1ccc(Cl)cc1)NC[C@@H]1CCCO1. The van der Waals surface area contributed by atoms with Crippen LogP contribution in [-0.2, 0) is 16.0 Å². The van der Waals surface area contributed by atoms with Gasteiger partial charge in [0.25, 0.3) is 0 Å². The predicted molar refractivity (Wildman–Crippen MR) is 117 cm³/mol. The van der Waals surface area contributed by atoms with Gasteiger partial charge in [0.1, 0.15) is 5.03 Å². The maximum Gasteiger partial charge on any atom is 0.230 e. The van der Waals surface area contributed by atoms with E-state index >= 15 is 0 Å². The van der Waals surface area contributed by atoms with E-state index in [4.69, 9.17) is 26.3 Å². The molecule has 0 spiro atoms. The second-order valence-electron chi connectivity index (χ2n) is 7.00. The first kappa shape index (κ1) is 20.1. The van der Waals surface area contributed by atoms with Gasteiger partial charge in [0.05, 0.1) is 28.6 Å². The quantitative estimate of drug-likeness (QED) is 0.571. The minimum atomic E-state index is -0.0158. The first-order chi connectivity index (χ1) is 14.2. The number of nitrogens with one attached hydrogen (secondary N) is 1. The number of halogens is 1. The number of nitrogens with zero attached hydrogens (tertiary/aromatic N) is 2. The van der Waals surface area contributed by atoms with Crippen LogP contribution < -0.4 is 5.32 Å². The molecule has 0 radical (unpaired) electrons. The third kappa shape index (κ3) is 5.47. The number of rotatable bonds is 7. The van der Waals surface area contributed by atoms with E-state index in [0.717, 1.165) is 46.8 Å². The molecule has 0 saturated carbocycles. The average Bonchev–Trinajstić information content (AvgIpc) is 3.26. The summed E-state index contributed by atoms with van der Waals surface area (Å²) in [6.07, 6.45) is 2.85. The van der Waals surface area contributed by atoms with Gasteiger partial charge >= 0.3 is 0 Å². The summed E-state index contributed by atoms with van der Waals surface area (Å²) < 4.78 is 5.55. The highest BCUT2D eigenvalue weighted by molar-refractivity contribution is 7.99. The van der Waals surface area contributed by atoms with Crippen molar-refractivity contribution >= 4 is 40.3 Å². The Balaban J connectivity index is 1.48. The number of amides is 1. The molecule has 0 bridgehead atoms. The maximum absolute atomic E-state index is 12.3. The smallest absolute Gasteiger partial charge is 0.230 e. The topological polar surface area (TPSA) is 64.1 Å². The number of para-hydroxylation sites is 2. The van der Waals surface area contributed by atoms with E-state index < -0.39 is 0 Å². The lowest BCUT2D eigenvalue weighted by molar-refractivity contribution is -0.119. The van der Waals surface area contributed by atoms with Crippen molar-refractivity contribution in [1.29, 1.82) is 0 Å². The molecule has 150 valence electrons. The molecular formula is C22H22ClN3O2S. The van der Waals surface area contributed by atoms with Crippen LogP contribution in [0.1, 0.15) is 24.1 Å². The Hall–Kier alpha value is -2.15. The number of thioether (sulfide) groups is 1. The average molecular weight is 428 g/mol. The Morgan fingerprint density at radius 3 is 2.62 bits per heavy atom. The van der Waals surface area contributed by atoms with Gasteiger partial charge in [0.15, 0.2) is 0 Å². The van der Waals surface area contributed by atoms with Gasteiger partial charge < -0.3 is 10.1 Å². The number of aromatic nitrogens is 2. The van der Waals surface area contributed by atoms with Gasteiger partial charge in [-0.05, 0) is 42.7 Å². The zero-order valence-corrected chi connectivity index (χ0v) is 17.5. The molecule has 1 atom stereocenters. The minimum Gasteiger partial charge on any atom is -0.376 e. The Labute approximate surface area is 179 Å². The number of carbonyl (C=O) groups is 1. The number of hydrogen-bond donors (Lipinski definition) is 1. The number of benzene rings is 2. The lowest BCUT2D eigenvalue weighted by Gasteiger charge is -2.12. The maximum atomic E-state index is 12.3. The molecule has 29 heavy (non-hydrogen) atoms. The van der Waals surface area contributed by atoms with Crippen LogP contribution in [0.25, 0.3) is 11.0 Å². The molecule has 2 aromatic carbocycles. The molecule has 1 aliphatic rings. The standard InChI is InChI=1S/C22H22ClN3O2S/c23-16-9-7-15(8-10-16)12-20-22(26-19-6-2-1-5-18(19)25-20)29-14-21(27)24-13-17-4-3-11-28-17/h1-2,5-10,17H,3-4,11-14H2,(H,24,27)/t17-/m0/s1. The van der Waals surface area contributed by atoms with Crippen molar-refractivity contribution in [1.82, 2.24) is 15.3 Å².